The van der Waals surface area contributed by atoms with Gasteiger partial charge in [-0.05, 0) is 0 Å². The average molecular weight is 375 g/mol. The Hall–Kier alpha value is 2.10. The zero-order valence-corrected chi connectivity index (χ0v) is 8.85. The molecule has 1 radical (unpaired) electrons. The van der Waals surface area contributed by atoms with Gasteiger partial charge >= 0.3 is 0 Å². The molecule has 49 valence electrons. The Labute approximate surface area is 81.6 Å². The predicted octanol–water partition coefficient (Wildman–Crippen LogP) is 2.11. The second-order valence-electron chi connectivity index (χ2n) is 0. The van der Waals surface area contributed by atoms with Crippen molar-refractivity contribution in [3.8, 4) is 0 Å². The topological polar surface area (TPSA) is 0 Å². The molecule has 6 heavy (non-hydrogen) atoms. The Balaban J connectivity index is 0. The summed E-state index contributed by atoms with van der Waals surface area (Å²) in [5.41, 5.74) is 0. The molecular formula is H5Cl5Ir. The van der Waals surface area contributed by atoms with Crippen LogP contribution in [0, 0.1) is 0 Å². The SMILES string of the molecule is Cl.Cl.Cl.Cl.Cl.[Ir]. The molecule has 0 saturated heterocycles. The predicted molar refractivity (Wildman–Crippen MR) is 36.2 cm³/mol. The molecule has 0 atom stereocenters. The van der Waals surface area contributed by atoms with Gasteiger partial charge in [-0.25, -0.2) is 0 Å². The van der Waals surface area contributed by atoms with E-state index in [1.165, 1.54) is 0 Å². The largest absolute Gasteiger partial charge is 0.147 e. The molecule has 0 nitrogen and oxygen atoms in total. The van der Waals surface area contributed by atoms with E-state index >= 15 is 0 Å². The molecule has 0 aliphatic carbocycles. The molecule has 0 aromatic carbocycles. The first-order valence-corrected chi connectivity index (χ1v) is 0. The first-order chi connectivity index (χ1) is 0. The molecule has 0 rings (SSSR count). The van der Waals surface area contributed by atoms with Crippen LogP contribution in [-0.2, 0) is 20.1 Å². The number of hydrogen-bond donors (Lipinski definition) is 0. The van der Waals surface area contributed by atoms with Crippen LogP contribution in [-0.4, -0.2) is 0 Å². The van der Waals surface area contributed by atoms with Crippen molar-refractivity contribution in [2.24, 2.45) is 0 Å². The van der Waals surface area contributed by atoms with Crippen molar-refractivity contribution in [1.29, 1.82) is 0 Å². The van der Waals surface area contributed by atoms with Gasteiger partial charge in [0.05, 0.1) is 0 Å². The van der Waals surface area contributed by atoms with Crippen LogP contribution in [0.3, 0.4) is 0 Å². The molecule has 0 unspecified atom stereocenters. The summed E-state index contributed by atoms with van der Waals surface area (Å²) in [6, 6.07) is 0. The molecule has 0 aliphatic rings. The maximum absolute atomic E-state index is 0. The molecule has 0 aromatic heterocycles. The van der Waals surface area contributed by atoms with Gasteiger partial charge in [0, 0.05) is 20.1 Å². The van der Waals surface area contributed by atoms with E-state index in [2.05, 4.69) is 0 Å². The van der Waals surface area contributed by atoms with Gasteiger partial charge in [0.2, 0.25) is 0 Å². The summed E-state index contributed by atoms with van der Waals surface area (Å²) in [4.78, 5) is 0. The van der Waals surface area contributed by atoms with E-state index in [4.69, 9.17) is 0 Å². The summed E-state index contributed by atoms with van der Waals surface area (Å²) < 4.78 is 0. The van der Waals surface area contributed by atoms with Crippen LogP contribution < -0.4 is 0 Å². The van der Waals surface area contributed by atoms with Crippen LogP contribution in [0.4, 0.5) is 0 Å². The molecule has 0 N–H and O–H groups in total. The van der Waals surface area contributed by atoms with Crippen LogP contribution in [0.2, 0.25) is 0 Å². The Morgan fingerprint density at radius 3 is 0.333 bits per heavy atom. The van der Waals surface area contributed by atoms with Crippen molar-refractivity contribution in [3.05, 3.63) is 0 Å². The minimum absolute atomic E-state index is 0. The van der Waals surface area contributed by atoms with E-state index in [1.54, 1.807) is 0 Å². The molecule has 0 heterocycles. The maximum Gasteiger partial charge on any atom is 0 e. The van der Waals surface area contributed by atoms with E-state index in [-0.39, 0.29) is 82.1 Å². The summed E-state index contributed by atoms with van der Waals surface area (Å²) in [6.07, 6.45) is 0. The fourth-order valence-corrected chi connectivity index (χ4v) is 0. The summed E-state index contributed by atoms with van der Waals surface area (Å²) in [6.45, 7) is 0. The summed E-state index contributed by atoms with van der Waals surface area (Å²) >= 11 is 0. The molecular weight excluding hydrogens is 369 g/mol. The Kier molecular flexibility index (Phi) is 925. The van der Waals surface area contributed by atoms with Crippen molar-refractivity contribution in [2.45, 2.75) is 0 Å². The molecule has 0 amide bonds. The fourth-order valence-electron chi connectivity index (χ4n) is 0. The third-order valence-electron chi connectivity index (χ3n) is 0. The molecule has 0 bridgehead atoms. The molecule has 0 spiro atoms. The minimum atomic E-state index is 0. The summed E-state index contributed by atoms with van der Waals surface area (Å²) in [5, 5.41) is 0. The van der Waals surface area contributed by atoms with Crippen LogP contribution in [0.15, 0.2) is 0 Å². The van der Waals surface area contributed by atoms with Crippen LogP contribution in [0.1, 0.15) is 0 Å². The van der Waals surface area contributed by atoms with Gasteiger partial charge in [-0.2, -0.15) is 0 Å². The van der Waals surface area contributed by atoms with Gasteiger partial charge in [0.1, 0.15) is 0 Å². The molecule has 0 saturated carbocycles. The third kappa shape index (κ3) is 36.0. The Bertz CT molecular complexity index is 3.90. The average Bonchev–Trinajstić information content (AvgIpc) is 0. The molecule has 0 fully saturated rings. The van der Waals surface area contributed by atoms with E-state index < -0.39 is 0 Å². The summed E-state index contributed by atoms with van der Waals surface area (Å²) in [7, 11) is 0. The second kappa shape index (κ2) is 59.9. The standard InChI is InChI=1S/5ClH.Ir/h5*1H;. The third-order valence-corrected chi connectivity index (χ3v) is 0. The first-order valence-electron chi connectivity index (χ1n) is 0. The van der Waals surface area contributed by atoms with E-state index in [0.29, 0.717) is 0 Å². The fraction of sp³-hybridized carbons (Fsp3) is 0. The maximum atomic E-state index is 0. The quantitative estimate of drug-likeness (QED) is 0.609. The van der Waals surface area contributed by atoms with E-state index in [9.17, 15) is 0 Å². The van der Waals surface area contributed by atoms with E-state index in [1.807, 2.05) is 0 Å². The zero-order chi connectivity index (χ0) is 0. The van der Waals surface area contributed by atoms with Crippen molar-refractivity contribution in [2.75, 3.05) is 0 Å². The van der Waals surface area contributed by atoms with Gasteiger partial charge < -0.3 is 0 Å². The number of hydrogen-bond acceptors (Lipinski definition) is 0. The summed E-state index contributed by atoms with van der Waals surface area (Å²) in [5.74, 6) is 0. The monoisotopic (exact) mass is 373 g/mol. The van der Waals surface area contributed by atoms with Gasteiger partial charge in [-0.1, -0.05) is 0 Å². The van der Waals surface area contributed by atoms with Crippen molar-refractivity contribution < 1.29 is 20.1 Å². The van der Waals surface area contributed by atoms with Gasteiger partial charge in [0.15, 0.2) is 0 Å². The van der Waals surface area contributed by atoms with Crippen molar-refractivity contribution in [1.82, 2.24) is 0 Å². The van der Waals surface area contributed by atoms with Gasteiger partial charge in [-0.15, -0.1) is 62.0 Å². The minimum Gasteiger partial charge on any atom is -0.147 e. The van der Waals surface area contributed by atoms with Crippen molar-refractivity contribution >= 4 is 62.0 Å². The van der Waals surface area contributed by atoms with Crippen molar-refractivity contribution in [3.63, 3.8) is 0 Å². The number of rotatable bonds is 0. The second-order valence-corrected chi connectivity index (χ2v) is 0. The normalized spacial score (nSPS) is 0. The molecule has 0 aliphatic heterocycles. The van der Waals surface area contributed by atoms with E-state index in [0.717, 1.165) is 0 Å². The first kappa shape index (κ1) is 92.6. The van der Waals surface area contributed by atoms with Gasteiger partial charge in [-0.3, -0.25) is 0 Å². The van der Waals surface area contributed by atoms with Crippen LogP contribution >= 0.6 is 62.0 Å². The van der Waals surface area contributed by atoms with Crippen LogP contribution in [0.5, 0.6) is 0 Å². The zero-order valence-electron chi connectivity index (χ0n) is 2.37. The smallest absolute Gasteiger partial charge is 0 e. The number of halogens is 5. The Morgan fingerprint density at radius 2 is 0.333 bits per heavy atom. The Morgan fingerprint density at radius 1 is 0.333 bits per heavy atom. The van der Waals surface area contributed by atoms with Crippen LogP contribution in [0.25, 0.3) is 0 Å². The molecule has 6 heteroatoms. The van der Waals surface area contributed by atoms with Gasteiger partial charge in [0.25, 0.3) is 0 Å². The molecule has 0 aromatic rings.